The molecule has 0 aromatic rings. The molecule has 1 unspecified atom stereocenters. The third-order valence-electron chi connectivity index (χ3n) is 1.84. The summed E-state index contributed by atoms with van der Waals surface area (Å²) in [7, 11) is 1.61. The van der Waals surface area contributed by atoms with Gasteiger partial charge in [-0.2, -0.15) is 0 Å². The minimum Gasteiger partial charge on any atom is -0.463 e. The molecule has 0 heterocycles. The molecule has 0 saturated heterocycles. The normalized spacial score (nSPS) is 12.5. The average molecular weight is 219 g/mol. The van der Waals surface area contributed by atoms with Crippen molar-refractivity contribution in [3.8, 4) is 0 Å². The van der Waals surface area contributed by atoms with E-state index in [0.29, 0.717) is 39.4 Å². The summed E-state index contributed by atoms with van der Waals surface area (Å²) in [4.78, 5) is 11.1. The predicted molar refractivity (Wildman–Crippen MR) is 56.5 cm³/mol. The molecular formula is C10H21NO4. The Morgan fingerprint density at radius 2 is 1.93 bits per heavy atom. The van der Waals surface area contributed by atoms with E-state index >= 15 is 0 Å². The molecule has 2 N–H and O–H groups in total. The molecule has 0 fully saturated rings. The van der Waals surface area contributed by atoms with Gasteiger partial charge in [0, 0.05) is 13.5 Å². The van der Waals surface area contributed by atoms with E-state index in [2.05, 4.69) is 0 Å². The summed E-state index contributed by atoms with van der Waals surface area (Å²) in [6.45, 7) is 4.19. The van der Waals surface area contributed by atoms with Gasteiger partial charge in [-0.05, 0) is 12.5 Å². The molecule has 0 aliphatic rings. The Labute approximate surface area is 90.9 Å². The van der Waals surface area contributed by atoms with E-state index in [1.54, 1.807) is 7.11 Å². The Bertz CT molecular complexity index is 164. The zero-order valence-electron chi connectivity index (χ0n) is 9.53. The van der Waals surface area contributed by atoms with Crippen LogP contribution in [0.25, 0.3) is 0 Å². The third kappa shape index (κ3) is 9.65. The van der Waals surface area contributed by atoms with Crippen LogP contribution in [0.5, 0.6) is 0 Å². The maximum absolute atomic E-state index is 11.1. The first-order valence-corrected chi connectivity index (χ1v) is 5.13. The number of esters is 1. The van der Waals surface area contributed by atoms with Crippen LogP contribution in [0.1, 0.15) is 13.3 Å². The van der Waals surface area contributed by atoms with Gasteiger partial charge in [0.1, 0.15) is 6.61 Å². The smallest absolute Gasteiger partial charge is 0.306 e. The highest BCUT2D eigenvalue weighted by molar-refractivity contribution is 5.69. The lowest BCUT2D eigenvalue weighted by molar-refractivity contribution is -0.146. The van der Waals surface area contributed by atoms with E-state index in [4.69, 9.17) is 19.9 Å². The minimum atomic E-state index is -0.219. The standard InChI is InChI=1S/C10H21NO4/c1-9(8-11)7-10(12)15-6-5-14-4-3-13-2/h9H,3-8,11H2,1-2H3. The highest BCUT2D eigenvalue weighted by atomic mass is 16.6. The monoisotopic (exact) mass is 219 g/mol. The van der Waals surface area contributed by atoms with Crippen LogP contribution in [-0.2, 0) is 19.0 Å². The first-order valence-electron chi connectivity index (χ1n) is 5.13. The lowest BCUT2D eigenvalue weighted by Gasteiger charge is -2.08. The molecule has 0 saturated carbocycles. The van der Waals surface area contributed by atoms with Crippen LogP contribution in [-0.4, -0.2) is 46.1 Å². The van der Waals surface area contributed by atoms with Crippen LogP contribution in [0.15, 0.2) is 0 Å². The molecule has 90 valence electrons. The van der Waals surface area contributed by atoms with Gasteiger partial charge in [0.2, 0.25) is 0 Å². The second-order valence-electron chi connectivity index (χ2n) is 3.37. The molecule has 0 aromatic heterocycles. The van der Waals surface area contributed by atoms with Gasteiger partial charge < -0.3 is 19.9 Å². The number of rotatable bonds is 9. The third-order valence-corrected chi connectivity index (χ3v) is 1.84. The largest absolute Gasteiger partial charge is 0.463 e. The van der Waals surface area contributed by atoms with Gasteiger partial charge in [-0.1, -0.05) is 6.92 Å². The summed E-state index contributed by atoms with van der Waals surface area (Å²) < 4.78 is 14.9. The summed E-state index contributed by atoms with van der Waals surface area (Å²) in [5.41, 5.74) is 5.38. The van der Waals surface area contributed by atoms with Crippen molar-refractivity contribution in [1.82, 2.24) is 0 Å². The second-order valence-corrected chi connectivity index (χ2v) is 3.37. The van der Waals surface area contributed by atoms with Crippen LogP contribution in [0.2, 0.25) is 0 Å². The molecule has 0 radical (unpaired) electrons. The molecule has 0 amide bonds. The lowest BCUT2D eigenvalue weighted by atomic mass is 10.1. The summed E-state index contributed by atoms with van der Waals surface area (Å²) in [6.07, 6.45) is 0.370. The number of hydrogen-bond acceptors (Lipinski definition) is 5. The van der Waals surface area contributed by atoms with Crippen molar-refractivity contribution in [2.75, 3.05) is 40.1 Å². The van der Waals surface area contributed by atoms with Crippen molar-refractivity contribution in [2.24, 2.45) is 11.7 Å². The number of nitrogens with two attached hydrogens (primary N) is 1. The quantitative estimate of drug-likeness (QED) is 0.442. The Morgan fingerprint density at radius 1 is 1.27 bits per heavy atom. The second kappa shape index (κ2) is 9.89. The fourth-order valence-corrected chi connectivity index (χ4v) is 0.886. The highest BCUT2D eigenvalue weighted by Crippen LogP contribution is 2.00. The topological polar surface area (TPSA) is 70.8 Å². The molecule has 0 spiro atoms. The molecule has 0 aliphatic carbocycles. The zero-order valence-corrected chi connectivity index (χ0v) is 9.53. The summed E-state index contributed by atoms with van der Waals surface area (Å²) in [5, 5.41) is 0. The summed E-state index contributed by atoms with van der Waals surface area (Å²) in [5.74, 6) is -0.0461. The Balaban J connectivity index is 3.24. The molecule has 0 rings (SSSR count). The van der Waals surface area contributed by atoms with E-state index in [-0.39, 0.29) is 11.9 Å². The van der Waals surface area contributed by atoms with Gasteiger partial charge in [-0.3, -0.25) is 4.79 Å². The van der Waals surface area contributed by atoms with Crippen molar-refractivity contribution in [3.63, 3.8) is 0 Å². The van der Waals surface area contributed by atoms with E-state index in [9.17, 15) is 4.79 Å². The average Bonchev–Trinajstić information content (AvgIpc) is 2.23. The molecule has 5 heteroatoms. The molecule has 0 aliphatic heterocycles. The van der Waals surface area contributed by atoms with E-state index in [1.165, 1.54) is 0 Å². The van der Waals surface area contributed by atoms with E-state index < -0.39 is 0 Å². The summed E-state index contributed by atoms with van der Waals surface area (Å²) >= 11 is 0. The zero-order chi connectivity index (χ0) is 11.5. The molecule has 0 aromatic carbocycles. The van der Waals surface area contributed by atoms with Gasteiger partial charge >= 0.3 is 5.97 Å². The van der Waals surface area contributed by atoms with Crippen LogP contribution < -0.4 is 5.73 Å². The van der Waals surface area contributed by atoms with Crippen molar-refractivity contribution >= 4 is 5.97 Å². The van der Waals surface area contributed by atoms with Crippen LogP contribution in [0.4, 0.5) is 0 Å². The van der Waals surface area contributed by atoms with Crippen molar-refractivity contribution in [3.05, 3.63) is 0 Å². The van der Waals surface area contributed by atoms with Crippen LogP contribution >= 0.6 is 0 Å². The van der Waals surface area contributed by atoms with Gasteiger partial charge in [0.05, 0.1) is 19.8 Å². The molecule has 15 heavy (non-hydrogen) atoms. The molecule has 0 bridgehead atoms. The number of carbonyl (C=O) groups is 1. The fourth-order valence-electron chi connectivity index (χ4n) is 0.886. The number of carbonyl (C=O) groups excluding carboxylic acids is 1. The predicted octanol–water partition coefficient (Wildman–Crippen LogP) is 0.178. The molecular weight excluding hydrogens is 198 g/mol. The number of ether oxygens (including phenoxy) is 3. The first-order chi connectivity index (χ1) is 7.20. The van der Waals surface area contributed by atoms with E-state index in [0.717, 1.165) is 0 Å². The van der Waals surface area contributed by atoms with Crippen LogP contribution in [0.3, 0.4) is 0 Å². The number of methoxy groups -OCH3 is 1. The highest BCUT2D eigenvalue weighted by Gasteiger charge is 2.07. The van der Waals surface area contributed by atoms with Crippen LogP contribution in [0, 0.1) is 5.92 Å². The fraction of sp³-hybridized carbons (Fsp3) is 0.900. The summed E-state index contributed by atoms with van der Waals surface area (Å²) in [6, 6.07) is 0. The van der Waals surface area contributed by atoms with Gasteiger partial charge in [-0.25, -0.2) is 0 Å². The van der Waals surface area contributed by atoms with Crippen molar-refractivity contribution in [2.45, 2.75) is 13.3 Å². The number of hydrogen-bond donors (Lipinski definition) is 1. The van der Waals surface area contributed by atoms with Crippen molar-refractivity contribution in [1.29, 1.82) is 0 Å². The minimum absolute atomic E-state index is 0.173. The van der Waals surface area contributed by atoms with Gasteiger partial charge in [-0.15, -0.1) is 0 Å². The maximum atomic E-state index is 11.1. The molecule has 1 atom stereocenters. The Kier molecular flexibility index (Phi) is 9.46. The SMILES string of the molecule is COCCOCCOC(=O)CC(C)CN. The van der Waals surface area contributed by atoms with Gasteiger partial charge in [0.15, 0.2) is 0 Å². The first kappa shape index (κ1) is 14.3. The molecule has 5 nitrogen and oxygen atoms in total. The lowest BCUT2D eigenvalue weighted by Crippen LogP contribution is -2.18. The maximum Gasteiger partial charge on any atom is 0.306 e. The van der Waals surface area contributed by atoms with Gasteiger partial charge in [0.25, 0.3) is 0 Å². The Morgan fingerprint density at radius 3 is 2.53 bits per heavy atom. The van der Waals surface area contributed by atoms with E-state index in [1.807, 2.05) is 6.92 Å². The Hall–Kier alpha value is -0.650. The van der Waals surface area contributed by atoms with Crippen molar-refractivity contribution < 1.29 is 19.0 Å².